The number of fused-ring (bicyclic) bond motifs is 1. The first kappa shape index (κ1) is 13.8. The maximum atomic E-state index is 10.9. The Labute approximate surface area is 123 Å². The van der Waals surface area contributed by atoms with Crippen molar-refractivity contribution in [3.05, 3.63) is 30.6 Å². The van der Waals surface area contributed by atoms with Crippen molar-refractivity contribution < 1.29 is 9.90 Å². The van der Waals surface area contributed by atoms with Crippen molar-refractivity contribution in [3.8, 4) is 0 Å². The molecule has 2 aromatic rings. The van der Waals surface area contributed by atoms with Crippen LogP contribution in [0.2, 0.25) is 0 Å². The number of aliphatic carboxylic acids is 1. The summed E-state index contributed by atoms with van der Waals surface area (Å²) in [5, 5.41) is 9.97. The van der Waals surface area contributed by atoms with E-state index in [1.54, 1.807) is 6.33 Å². The number of hydrogen-bond donors (Lipinski definition) is 1. The van der Waals surface area contributed by atoms with E-state index >= 15 is 0 Å². The maximum absolute atomic E-state index is 10.9. The summed E-state index contributed by atoms with van der Waals surface area (Å²) in [6, 6.07) is 8.24. The van der Waals surface area contributed by atoms with E-state index in [-0.39, 0.29) is 12.5 Å². The molecule has 0 saturated carbocycles. The fraction of sp³-hybridized carbons (Fsp3) is 0.438. The summed E-state index contributed by atoms with van der Waals surface area (Å²) in [6.07, 6.45) is 5.80. The Morgan fingerprint density at radius 3 is 3.00 bits per heavy atom. The van der Waals surface area contributed by atoms with Crippen molar-refractivity contribution in [2.75, 3.05) is 11.4 Å². The van der Waals surface area contributed by atoms with Crippen LogP contribution in [0.4, 0.5) is 5.82 Å². The number of anilines is 1. The highest BCUT2D eigenvalue weighted by Crippen LogP contribution is 2.30. The summed E-state index contributed by atoms with van der Waals surface area (Å²) >= 11 is 0. The van der Waals surface area contributed by atoms with Crippen molar-refractivity contribution in [2.45, 2.75) is 38.1 Å². The zero-order valence-corrected chi connectivity index (χ0v) is 11.9. The fourth-order valence-corrected chi connectivity index (χ4v) is 3.09. The lowest BCUT2D eigenvalue weighted by Crippen LogP contribution is -2.40. The molecule has 3 rings (SSSR count). The number of carboxylic acids is 1. The summed E-state index contributed by atoms with van der Waals surface area (Å²) in [4.78, 5) is 21.9. The third-order valence-electron chi connectivity index (χ3n) is 4.11. The lowest BCUT2D eigenvalue weighted by atomic mass is 9.97. The van der Waals surface area contributed by atoms with Gasteiger partial charge in [-0.3, -0.25) is 4.79 Å². The molecule has 5 nitrogen and oxygen atoms in total. The normalized spacial score (nSPS) is 18.9. The molecule has 1 aromatic carbocycles. The van der Waals surface area contributed by atoms with E-state index in [0.29, 0.717) is 6.42 Å². The lowest BCUT2D eigenvalue weighted by Gasteiger charge is -2.37. The molecular weight excluding hydrogens is 266 g/mol. The first-order valence-electron chi connectivity index (χ1n) is 7.44. The number of nitrogens with zero attached hydrogens (tertiary/aromatic N) is 3. The highest BCUT2D eigenvalue weighted by atomic mass is 16.4. The fourth-order valence-electron chi connectivity index (χ4n) is 3.09. The molecule has 0 spiro atoms. The van der Waals surface area contributed by atoms with E-state index in [4.69, 9.17) is 5.11 Å². The Morgan fingerprint density at radius 2 is 2.14 bits per heavy atom. The lowest BCUT2D eigenvalue weighted by molar-refractivity contribution is -0.137. The van der Waals surface area contributed by atoms with E-state index < -0.39 is 5.97 Å². The minimum absolute atomic E-state index is 0.212. The first-order chi connectivity index (χ1) is 10.3. The van der Waals surface area contributed by atoms with Crippen molar-refractivity contribution in [2.24, 2.45) is 0 Å². The van der Waals surface area contributed by atoms with Crippen LogP contribution in [0.3, 0.4) is 0 Å². The molecule has 1 fully saturated rings. The monoisotopic (exact) mass is 285 g/mol. The quantitative estimate of drug-likeness (QED) is 0.935. The predicted octanol–water partition coefficient (Wildman–Crippen LogP) is 2.85. The Kier molecular flexibility index (Phi) is 3.99. The average Bonchev–Trinajstić information content (AvgIpc) is 2.53. The van der Waals surface area contributed by atoms with Crippen molar-refractivity contribution in [1.82, 2.24) is 9.97 Å². The van der Waals surface area contributed by atoms with Crippen LogP contribution >= 0.6 is 0 Å². The molecule has 2 heterocycles. The number of para-hydroxylation sites is 1. The number of carboxylic acid groups (broad SMARTS) is 1. The van der Waals surface area contributed by atoms with E-state index in [0.717, 1.165) is 42.5 Å². The van der Waals surface area contributed by atoms with E-state index in [2.05, 4.69) is 14.9 Å². The molecule has 21 heavy (non-hydrogen) atoms. The second-order valence-corrected chi connectivity index (χ2v) is 5.49. The third kappa shape index (κ3) is 2.96. The van der Waals surface area contributed by atoms with E-state index in [1.807, 2.05) is 24.3 Å². The van der Waals surface area contributed by atoms with Crippen LogP contribution < -0.4 is 4.90 Å². The molecule has 5 heteroatoms. The molecule has 0 radical (unpaired) electrons. The highest BCUT2D eigenvalue weighted by Gasteiger charge is 2.25. The minimum atomic E-state index is -0.729. The van der Waals surface area contributed by atoms with Crippen molar-refractivity contribution >= 4 is 22.7 Å². The number of benzene rings is 1. The van der Waals surface area contributed by atoms with Gasteiger partial charge in [-0.25, -0.2) is 9.97 Å². The average molecular weight is 285 g/mol. The molecule has 1 N–H and O–H groups in total. The number of carbonyl (C=O) groups is 1. The summed E-state index contributed by atoms with van der Waals surface area (Å²) in [7, 11) is 0. The summed E-state index contributed by atoms with van der Waals surface area (Å²) < 4.78 is 0. The molecule has 1 unspecified atom stereocenters. The van der Waals surface area contributed by atoms with E-state index in [9.17, 15) is 4.79 Å². The van der Waals surface area contributed by atoms with Crippen LogP contribution in [-0.2, 0) is 4.79 Å². The molecule has 110 valence electrons. The van der Waals surface area contributed by atoms with Crippen LogP contribution in [0.25, 0.3) is 10.9 Å². The van der Waals surface area contributed by atoms with Gasteiger partial charge in [-0.15, -0.1) is 0 Å². The molecule has 1 aliphatic heterocycles. The molecule has 0 amide bonds. The molecule has 0 bridgehead atoms. The maximum Gasteiger partial charge on any atom is 0.303 e. The Bertz CT molecular complexity index is 639. The SMILES string of the molecule is O=C(O)CCC1CCCCN1c1ncnc2ccccc12. The molecule has 1 atom stereocenters. The van der Waals surface area contributed by atoms with Crippen LogP contribution in [0.15, 0.2) is 30.6 Å². The van der Waals surface area contributed by atoms with Gasteiger partial charge in [0.05, 0.1) is 5.52 Å². The Morgan fingerprint density at radius 1 is 1.29 bits per heavy atom. The van der Waals surface area contributed by atoms with Gasteiger partial charge < -0.3 is 10.0 Å². The summed E-state index contributed by atoms with van der Waals surface area (Å²) in [5.74, 6) is 0.212. The number of hydrogen-bond acceptors (Lipinski definition) is 4. The van der Waals surface area contributed by atoms with Gasteiger partial charge in [-0.05, 0) is 37.8 Å². The zero-order valence-electron chi connectivity index (χ0n) is 11.9. The summed E-state index contributed by atoms with van der Waals surface area (Å²) in [6.45, 7) is 0.936. The Hall–Kier alpha value is -2.17. The molecule has 1 saturated heterocycles. The first-order valence-corrected chi connectivity index (χ1v) is 7.44. The number of piperidine rings is 1. The smallest absolute Gasteiger partial charge is 0.303 e. The number of rotatable bonds is 4. The Balaban J connectivity index is 1.92. The largest absolute Gasteiger partial charge is 0.481 e. The van der Waals surface area contributed by atoms with Gasteiger partial charge in [-0.2, -0.15) is 0 Å². The molecule has 1 aromatic heterocycles. The van der Waals surface area contributed by atoms with Gasteiger partial charge in [0.15, 0.2) is 0 Å². The minimum Gasteiger partial charge on any atom is -0.481 e. The van der Waals surface area contributed by atoms with Gasteiger partial charge in [-0.1, -0.05) is 12.1 Å². The highest BCUT2D eigenvalue weighted by molar-refractivity contribution is 5.89. The van der Waals surface area contributed by atoms with Gasteiger partial charge >= 0.3 is 5.97 Å². The van der Waals surface area contributed by atoms with Crippen molar-refractivity contribution in [1.29, 1.82) is 0 Å². The zero-order chi connectivity index (χ0) is 14.7. The van der Waals surface area contributed by atoms with Crippen LogP contribution in [0.1, 0.15) is 32.1 Å². The van der Waals surface area contributed by atoms with Crippen LogP contribution in [0.5, 0.6) is 0 Å². The molecular formula is C16H19N3O2. The topological polar surface area (TPSA) is 66.3 Å². The van der Waals surface area contributed by atoms with Crippen LogP contribution in [0, 0.1) is 0 Å². The predicted molar refractivity (Wildman–Crippen MR) is 81.4 cm³/mol. The standard InChI is InChI=1S/C16H19N3O2/c20-15(21)9-8-12-5-3-4-10-19(12)16-13-6-1-2-7-14(13)17-11-18-16/h1-2,6-7,11-12H,3-5,8-10H2,(H,20,21). The molecule has 1 aliphatic rings. The molecule has 0 aliphatic carbocycles. The third-order valence-corrected chi connectivity index (χ3v) is 4.11. The summed E-state index contributed by atoms with van der Waals surface area (Å²) in [5.41, 5.74) is 0.935. The second-order valence-electron chi connectivity index (χ2n) is 5.49. The van der Waals surface area contributed by atoms with Gasteiger partial charge in [0.25, 0.3) is 0 Å². The second kappa shape index (κ2) is 6.08. The van der Waals surface area contributed by atoms with Gasteiger partial charge in [0.1, 0.15) is 12.1 Å². The van der Waals surface area contributed by atoms with Gasteiger partial charge in [0, 0.05) is 24.4 Å². The van der Waals surface area contributed by atoms with Crippen LogP contribution in [-0.4, -0.2) is 33.6 Å². The van der Waals surface area contributed by atoms with Gasteiger partial charge in [0.2, 0.25) is 0 Å². The van der Waals surface area contributed by atoms with E-state index in [1.165, 1.54) is 0 Å². The van der Waals surface area contributed by atoms with Crippen molar-refractivity contribution in [3.63, 3.8) is 0 Å². The number of aromatic nitrogens is 2.